The molecule has 9 heavy (non-hydrogen) atoms. The van der Waals surface area contributed by atoms with Crippen LogP contribution in [0.5, 0.6) is 0 Å². The van der Waals surface area contributed by atoms with E-state index in [2.05, 4.69) is 5.10 Å². The van der Waals surface area contributed by atoms with Crippen molar-refractivity contribution >= 4 is 0 Å². The summed E-state index contributed by atoms with van der Waals surface area (Å²) in [6.45, 7) is 1.72. The number of hydrogen-bond acceptors (Lipinski definition) is 1. The van der Waals surface area contributed by atoms with Crippen molar-refractivity contribution in [1.82, 2.24) is 9.78 Å². The van der Waals surface area contributed by atoms with E-state index in [9.17, 15) is 5.11 Å². The maximum atomic E-state index is 10.3. The fourth-order valence-corrected chi connectivity index (χ4v) is 0.686. The third-order valence-electron chi connectivity index (χ3n) is 1.49. The van der Waals surface area contributed by atoms with Crippen molar-refractivity contribution in [2.24, 2.45) is 7.05 Å². The standard InChI is InChI=1S/C6H9N2O/c1-5-6(4-9)3-7-8(5)2/h3H,4H2,1-2H3. The average molecular weight is 125 g/mol. The van der Waals surface area contributed by atoms with Crippen LogP contribution >= 0.6 is 0 Å². The van der Waals surface area contributed by atoms with Gasteiger partial charge in [-0.15, -0.1) is 0 Å². The van der Waals surface area contributed by atoms with Crippen LogP contribution in [0.4, 0.5) is 0 Å². The van der Waals surface area contributed by atoms with E-state index in [-0.39, 0.29) is 6.61 Å². The third kappa shape index (κ3) is 0.954. The fourth-order valence-electron chi connectivity index (χ4n) is 0.686. The van der Waals surface area contributed by atoms with Crippen molar-refractivity contribution in [2.45, 2.75) is 13.5 Å². The van der Waals surface area contributed by atoms with Gasteiger partial charge in [-0.1, -0.05) is 0 Å². The third-order valence-corrected chi connectivity index (χ3v) is 1.49. The lowest BCUT2D eigenvalue weighted by Crippen LogP contribution is -1.93. The van der Waals surface area contributed by atoms with Gasteiger partial charge in [0, 0.05) is 18.3 Å². The molecular weight excluding hydrogens is 116 g/mol. The van der Waals surface area contributed by atoms with E-state index in [1.807, 2.05) is 14.0 Å². The summed E-state index contributed by atoms with van der Waals surface area (Å²) in [5, 5.41) is 14.2. The van der Waals surface area contributed by atoms with Crippen LogP contribution in [0.15, 0.2) is 6.20 Å². The van der Waals surface area contributed by atoms with E-state index in [1.54, 1.807) is 10.9 Å². The molecule has 1 aromatic rings. The van der Waals surface area contributed by atoms with Gasteiger partial charge in [0.05, 0.1) is 6.20 Å². The van der Waals surface area contributed by atoms with E-state index in [0.717, 1.165) is 11.3 Å². The Morgan fingerprint density at radius 2 is 2.44 bits per heavy atom. The number of hydrogen-bond donors (Lipinski definition) is 0. The molecule has 0 aliphatic heterocycles. The molecule has 0 aliphatic rings. The van der Waals surface area contributed by atoms with E-state index in [0.29, 0.717) is 0 Å². The Bertz CT molecular complexity index is 205. The summed E-state index contributed by atoms with van der Waals surface area (Å²) in [6, 6.07) is 0. The van der Waals surface area contributed by atoms with Crippen molar-refractivity contribution in [3.05, 3.63) is 17.5 Å². The molecule has 0 aliphatic carbocycles. The predicted molar refractivity (Wildman–Crippen MR) is 32.3 cm³/mol. The highest BCUT2D eigenvalue weighted by Crippen LogP contribution is 2.03. The van der Waals surface area contributed by atoms with Gasteiger partial charge in [0.1, 0.15) is 6.61 Å². The summed E-state index contributed by atoms with van der Waals surface area (Å²) in [4.78, 5) is 0. The molecule has 3 nitrogen and oxygen atoms in total. The van der Waals surface area contributed by atoms with Gasteiger partial charge in [-0.2, -0.15) is 5.10 Å². The van der Waals surface area contributed by atoms with Gasteiger partial charge in [0.2, 0.25) is 0 Å². The lowest BCUT2D eigenvalue weighted by atomic mass is 10.3. The Morgan fingerprint density at radius 3 is 2.67 bits per heavy atom. The molecule has 0 unspecified atom stereocenters. The molecule has 1 aromatic heterocycles. The van der Waals surface area contributed by atoms with Gasteiger partial charge < -0.3 is 0 Å². The average Bonchev–Trinajstić information content (AvgIpc) is 2.15. The topological polar surface area (TPSA) is 37.7 Å². The largest absolute Gasteiger partial charge is 0.273 e. The summed E-state index contributed by atoms with van der Waals surface area (Å²) in [6.07, 6.45) is 1.61. The minimum absolute atomic E-state index is 0.167. The number of rotatable bonds is 1. The van der Waals surface area contributed by atoms with Gasteiger partial charge in [0.25, 0.3) is 0 Å². The zero-order valence-electron chi connectivity index (χ0n) is 5.59. The molecule has 3 heteroatoms. The highest BCUT2D eigenvalue weighted by atomic mass is 16.3. The number of aryl methyl sites for hydroxylation is 1. The first-order valence-corrected chi connectivity index (χ1v) is 2.81. The summed E-state index contributed by atoms with van der Waals surface area (Å²) < 4.78 is 1.70. The quantitative estimate of drug-likeness (QED) is 0.543. The van der Waals surface area contributed by atoms with Gasteiger partial charge in [-0.3, -0.25) is 4.68 Å². The van der Waals surface area contributed by atoms with Crippen LogP contribution in [0.25, 0.3) is 0 Å². The summed E-state index contributed by atoms with van der Waals surface area (Å²) in [7, 11) is 1.83. The van der Waals surface area contributed by atoms with Crippen molar-refractivity contribution < 1.29 is 5.11 Å². The zero-order chi connectivity index (χ0) is 6.85. The second-order valence-corrected chi connectivity index (χ2v) is 2.02. The van der Waals surface area contributed by atoms with Crippen LogP contribution in [-0.4, -0.2) is 9.78 Å². The normalized spacial score (nSPS) is 10.1. The maximum Gasteiger partial charge on any atom is 0.111 e. The van der Waals surface area contributed by atoms with Crippen LogP contribution < -0.4 is 0 Å². The Morgan fingerprint density at radius 1 is 1.78 bits per heavy atom. The Labute approximate surface area is 53.9 Å². The molecule has 0 aromatic carbocycles. The number of nitrogens with zero attached hydrogens (tertiary/aromatic N) is 2. The predicted octanol–water partition coefficient (Wildman–Crippen LogP) is 0.659. The lowest BCUT2D eigenvalue weighted by Gasteiger charge is -1.92. The smallest absolute Gasteiger partial charge is 0.111 e. The molecule has 1 radical (unpaired) electrons. The minimum atomic E-state index is -0.167. The Balaban J connectivity index is 3.04. The molecule has 0 bridgehead atoms. The van der Waals surface area contributed by atoms with Crippen LogP contribution in [0.3, 0.4) is 0 Å². The summed E-state index contributed by atoms with van der Waals surface area (Å²) in [5.74, 6) is 0. The fraction of sp³-hybridized carbons (Fsp3) is 0.500. The van der Waals surface area contributed by atoms with Crippen molar-refractivity contribution in [2.75, 3.05) is 0 Å². The molecule has 49 valence electrons. The van der Waals surface area contributed by atoms with Crippen LogP contribution in [-0.2, 0) is 18.8 Å². The second kappa shape index (κ2) is 2.19. The van der Waals surface area contributed by atoms with Crippen molar-refractivity contribution in [3.63, 3.8) is 0 Å². The van der Waals surface area contributed by atoms with E-state index in [4.69, 9.17) is 0 Å². The zero-order valence-corrected chi connectivity index (χ0v) is 5.59. The Hall–Kier alpha value is -0.830. The first-order valence-electron chi connectivity index (χ1n) is 2.81. The highest BCUT2D eigenvalue weighted by molar-refractivity contribution is 5.13. The van der Waals surface area contributed by atoms with Crippen LogP contribution in [0, 0.1) is 6.92 Å². The molecule has 0 amide bonds. The van der Waals surface area contributed by atoms with Crippen molar-refractivity contribution in [3.8, 4) is 0 Å². The molecular formula is C6H9N2O. The Kier molecular flexibility index (Phi) is 1.53. The SMILES string of the molecule is Cc1c(C[O])cnn1C. The van der Waals surface area contributed by atoms with Crippen LogP contribution in [0.1, 0.15) is 11.3 Å². The first-order chi connectivity index (χ1) is 4.25. The molecule has 0 saturated heterocycles. The van der Waals surface area contributed by atoms with Crippen molar-refractivity contribution in [1.29, 1.82) is 0 Å². The first kappa shape index (κ1) is 6.29. The molecule has 0 saturated carbocycles. The molecule has 1 heterocycles. The molecule has 0 spiro atoms. The minimum Gasteiger partial charge on any atom is -0.273 e. The van der Waals surface area contributed by atoms with E-state index in [1.165, 1.54) is 0 Å². The lowest BCUT2D eigenvalue weighted by molar-refractivity contribution is 0.177. The molecule has 0 atom stereocenters. The van der Waals surface area contributed by atoms with Crippen LogP contribution in [0.2, 0.25) is 0 Å². The number of aromatic nitrogens is 2. The summed E-state index contributed by atoms with van der Waals surface area (Å²) in [5.41, 5.74) is 1.75. The van der Waals surface area contributed by atoms with E-state index < -0.39 is 0 Å². The van der Waals surface area contributed by atoms with Gasteiger partial charge in [-0.05, 0) is 6.92 Å². The van der Waals surface area contributed by atoms with Gasteiger partial charge >= 0.3 is 0 Å². The van der Waals surface area contributed by atoms with Gasteiger partial charge in [0.15, 0.2) is 0 Å². The second-order valence-electron chi connectivity index (χ2n) is 2.02. The molecule has 1 rings (SSSR count). The molecule has 0 fully saturated rings. The summed E-state index contributed by atoms with van der Waals surface area (Å²) >= 11 is 0. The maximum absolute atomic E-state index is 10.3. The molecule has 0 N–H and O–H groups in total. The van der Waals surface area contributed by atoms with E-state index >= 15 is 0 Å². The van der Waals surface area contributed by atoms with Gasteiger partial charge in [-0.25, -0.2) is 5.11 Å². The highest BCUT2D eigenvalue weighted by Gasteiger charge is 2.00. The monoisotopic (exact) mass is 125 g/mol.